The Balaban J connectivity index is 3.13. The molecule has 18 heavy (non-hydrogen) atoms. The average molecular weight is 248 g/mol. The second kappa shape index (κ2) is 6.44. The van der Waals surface area contributed by atoms with Crippen molar-refractivity contribution in [3.63, 3.8) is 0 Å². The minimum absolute atomic E-state index is 0.0439. The van der Waals surface area contributed by atoms with Gasteiger partial charge in [-0.15, -0.1) is 0 Å². The van der Waals surface area contributed by atoms with Gasteiger partial charge in [-0.1, -0.05) is 18.7 Å². The number of carboxylic acids is 1. The van der Waals surface area contributed by atoms with Crippen LogP contribution in [-0.2, 0) is 9.59 Å². The van der Waals surface area contributed by atoms with E-state index in [1.54, 1.807) is 24.3 Å². The average Bonchev–Trinajstić information content (AvgIpc) is 2.37. The number of nitrogens with zero attached hydrogens (tertiary/aromatic N) is 1. The second-order valence-electron chi connectivity index (χ2n) is 3.55. The van der Waals surface area contributed by atoms with E-state index in [2.05, 4.69) is 6.58 Å². The Morgan fingerprint density at radius 1 is 1.56 bits per heavy atom. The van der Waals surface area contributed by atoms with Crippen LogP contribution in [0.1, 0.15) is 5.56 Å². The van der Waals surface area contributed by atoms with Gasteiger partial charge in [-0.3, -0.25) is 0 Å². The number of ether oxygens (including phenoxy) is 1. The van der Waals surface area contributed by atoms with Gasteiger partial charge in [-0.05, 0) is 17.7 Å². The van der Waals surface area contributed by atoms with Crippen molar-refractivity contribution in [2.45, 2.75) is 0 Å². The van der Waals surface area contributed by atoms with E-state index >= 15 is 0 Å². The first-order chi connectivity index (χ1) is 8.62. The predicted octanol–water partition coefficient (Wildman–Crippen LogP) is 0.0934. The van der Waals surface area contributed by atoms with Gasteiger partial charge in [0.25, 0.3) is 0 Å². The number of rotatable bonds is 7. The number of carbonyl (C=O) groups is 2. The number of carboxylic acid groups (broad SMARTS) is 1. The maximum absolute atomic E-state index is 10.7. The van der Waals surface area contributed by atoms with Crippen LogP contribution >= 0.6 is 0 Å². The number of benzene rings is 1. The molecule has 0 aliphatic heterocycles. The number of carbonyl (C=O) groups excluding carboxylic acids is 2. The van der Waals surface area contributed by atoms with Crippen LogP contribution in [0, 0.1) is 0 Å². The lowest BCUT2D eigenvalue weighted by Gasteiger charge is -2.24. The highest BCUT2D eigenvalue weighted by Gasteiger charge is 2.12. The zero-order chi connectivity index (χ0) is 13.5. The molecule has 5 heteroatoms. The number of methoxy groups -OCH3 is 1. The molecule has 1 rings (SSSR count). The SMILES string of the molecule is C=Cc1ccc(N(CC=O)CC(=O)[O-])c(OC)c1. The Morgan fingerprint density at radius 2 is 2.28 bits per heavy atom. The highest BCUT2D eigenvalue weighted by Crippen LogP contribution is 2.29. The normalized spacial score (nSPS) is 9.61. The summed E-state index contributed by atoms with van der Waals surface area (Å²) in [6, 6.07) is 5.16. The van der Waals surface area contributed by atoms with Gasteiger partial charge in [-0.25, -0.2) is 0 Å². The fraction of sp³-hybridized carbons (Fsp3) is 0.231. The topological polar surface area (TPSA) is 69.7 Å². The summed E-state index contributed by atoms with van der Waals surface area (Å²) in [5, 5.41) is 10.7. The third kappa shape index (κ3) is 3.35. The highest BCUT2D eigenvalue weighted by molar-refractivity contribution is 5.77. The minimum Gasteiger partial charge on any atom is -0.548 e. The smallest absolute Gasteiger partial charge is 0.142 e. The summed E-state index contributed by atoms with van der Waals surface area (Å²) < 4.78 is 5.18. The van der Waals surface area contributed by atoms with Crippen molar-refractivity contribution in [3.05, 3.63) is 30.3 Å². The standard InChI is InChI=1S/C13H15NO4/c1-3-10-4-5-11(12(8-10)18-2)14(6-7-15)9-13(16)17/h3-5,7-8H,1,6,9H2,2H3,(H,16,17)/p-1. The van der Waals surface area contributed by atoms with E-state index in [9.17, 15) is 14.7 Å². The van der Waals surface area contributed by atoms with Crippen LogP contribution in [0.3, 0.4) is 0 Å². The summed E-state index contributed by atoms with van der Waals surface area (Å²) in [4.78, 5) is 22.6. The number of anilines is 1. The Kier molecular flexibility index (Phi) is 4.92. The molecule has 0 saturated heterocycles. The summed E-state index contributed by atoms with van der Waals surface area (Å²) in [6.07, 6.45) is 2.28. The summed E-state index contributed by atoms with van der Waals surface area (Å²) in [6.45, 7) is 3.22. The molecule has 0 aliphatic rings. The van der Waals surface area contributed by atoms with E-state index in [0.717, 1.165) is 5.56 Å². The molecule has 0 atom stereocenters. The van der Waals surface area contributed by atoms with Crippen LogP contribution < -0.4 is 14.7 Å². The second-order valence-corrected chi connectivity index (χ2v) is 3.55. The van der Waals surface area contributed by atoms with Crippen LogP contribution in [-0.4, -0.2) is 32.5 Å². The molecule has 0 saturated carbocycles. The molecule has 0 amide bonds. The molecule has 0 N–H and O–H groups in total. The molecule has 0 fully saturated rings. The summed E-state index contributed by atoms with van der Waals surface area (Å²) in [7, 11) is 1.48. The molecule has 0 aromatic heterocycles. The summed E-state index contributed by atoms with van der Waals surface area (Å²) in [5.41, 5.74) is 1.37. The number of hydrogen-bond donors (Lipinski definition) is 0. The van der Waals surface area contributed by atoms with Crippen LogP contribution in [0.4, 0.5) is 5.69 Å². The molecule has 0 heterocycles. The zero-order valence-corrected chi connectivity index (χ0v) is 10.1. The van der Waals surface area contributed by atoms with Crippen LogP contribution in [0.25, 0.3) is 6.08 Å². The Hall–Kier alpha value is -2.30. The van der Waals surface area contributed by atoms with Crippen molar-refractivity contribution in [1.82, 2.24) is 0 Å². The first-order valence-electron chi connectivity index (χ1n) is 5.31. The molecule has 5 nitrogen and oxygen atoms in total. The third-order valence-electron chi connectivity index (χ3n) is 2.40. The van der Waals surface area contributed by atoms with Crippen molar-refractivity contribution in [1.29, 1.82) is 0 Å². The molecule has 1 aromatic carbocycles. The van der Waals surface area contributed by atoms with Crippen LogP contribution in [0.2, 0.25) is 0 Å². The maximum atomic E-state index is 10.7. The summed E-state index contributed by atoms with van der Waals surface area (Å²) in [5.74, 6) is -0.776. The van der Waals surface area contributed by atoms with E-state index < -0.39 is 5.97 Å². The zero-order valence-electron chi connectivity index (χ0n) is 10.1. The van der Waals surface area contributed by atoms with Gasteiger partial charge in [0.05, 0.1) is 31.9 Å². The van der Waals surface area contributed by atoms with Crippen molar-refractivity contribution < 1.29 is 19.4 Å². The lowest BCUT2D eigenvalue weighted by atomic mass is 10.1. The van der Waals surface area contributed by atoms with Crippen LogP contribution in [0.5, 0.6) is 5.75 Å². The molecular weight excluding hydrogens is 234 g/mol. The van der Waals surface area contributed by atoms with Gasteiger partial charge < -0.3 is 24.3 Å². The Morgan fingerprint density at radius 3 is 2.78 bits per heavy atom. The maximum Gasteiger partial charge on any atom is 0.142 e. The minimum atomic E-state index is -1.26. The van der Waals surface area contributed by atoms with E-state index in [1.807, 2.05) is 0 Å². The fourth-order valence-electron chi connectivity index (χ4n) is 1.58. The molecular formula is C13H14NO4-. The largest absolute Gasteiger partial charge is 0.548 e. The molecule has 0 radical (unpaired) electrons. The van der Waals surface area contributed by atoms with Crippen LogP contribution in [0.15, 0.2) is 24.8 Å². The quantitative estimate of drug-likeness (QED) is 0.640. The molecule has 96 valence electrons. The van der Waals surface area contributed by atoms with E-state index in [1.165, 1.54) is 12.0 Å². The highest BCUT2D eigenvalue weighted by atomic mass is 16.5. The molecule has 1 aromatic rings. The van der Waals surface area contributed by atoms with Gasteiger partial charge in [-0.2, -0.15) is 0 Å². The van der Waals surface area contributed by atoms with Gasteiger partial charge in [0.2, 0.25) is 0 Å². The molecule has 0 unspecified atom stereocenters. The molecule has 0 aliphatic carbocycles. The predicted molar refractivity (Wildman–Crippen MR) is 66.4 cm³/mol. The first-order valence-corrected chi connectivity index (χ1v) is 5.31. The number of aldehydes is 1. The van der Waals surface area contributed by atoms with Crippen molar-refractivity contribution in [2.24, 2.45) is 0 Å². The van der Waals surface area contributed by atoms with Crippen molar-refractivity contribution in [2.75, 3.05) is 25.1 Å². The fourth-order valence-corrected chi connectivity index (χ4v) is 1.58. The molecule has 0 spiro atoms. The molecule has 0 bridgehead atoms. The van der Waals surface area contributed by atoms with E-state index in [-0.39, 0.29) is 13.1 Å². The van der Waals surface area contributed by atoms with Crippen molar-refractivity contribution in [3.8, 4) is 5.75 Å². The monoisotopic (exact) mass is 248 g/mol. The van der Waals surface area contributed by atoms with Gasteiger partial charge in [0.15, 0.2) is 0 Å². The first kappa shape index (κ1) is 13.8. The number of hydrogen-bond acceptors (Lipinski definition) is 5. The summed E-state index contributed by atoms with van der Waals surface area (Å²) >= 11 is 0. The Bertz CT molecular complexity index is 456. The van der Waals surface area contributed by atoms with E-state index in [4.69, 9.17) is 4.74 Å². The lowest BCUT2D eigenvalue weighted by molar-refractivity contribution is -0.303. The van der Waals surface area contributed by atoms with Crippen molar-refractivity contribution >= 4 is 24.0 Å². The third-order valence-corrected chi connectivity index (χ3v) is 2.40. The Labute approximate surface area is 105 Å². The van der Waals surface area contributed by atoms with Gasteiger partial charge in [0.1, 0.15) is 12.0 Å². The lowest BCUT2D eigenvalue weighted by Crippen LogP contribution is -2.39. The van der Waals surface area contributed by atoms with E-state index in [0.29, 0.717) is 17.7 Å². The van der Waals surface area contributed by atoms with Gasteiger partial charge in [0, 0.05) is 0 Å². The van der Waals surface area contributed by atoms with Gasteiger partial charge >= 0.3 is 0 Å². The number of aliphatic carboxylic acids is 1.